The molecule has 2 aromatic rings. The van der Waals surface area contributed by atoms with Gasteiger partial charge in [-0.3, -0.25) is 0 Å². The second kappa shape index (κ2) is 8.07. The number of hydrogen-bond acceptors (Lipinski definition) is 6. The van der Waals surface area contributed by atoms with E-state index in [1.807, 2.05) is 26.8 Å². The normalized spacial score (nSPS) is 11.3. The Labute approximate surface area is 143 Å². The predicted octanol–water partition coefficient (Wildman–Crippen LogP) is 1.92. The number of benzene rings is 1. The third-order valence-corrected chi connectivity index (χ3v) is 4.72. The van der Waals surface area contributed by atoms with Crippen molar-refractivity contribution in [2.24, 2.45) is 0 Å². The van der Waals surface area contributed by atoms with E-state index in [1.165, 1.54) is 0 Å². The van der Waals surface area contributed by atoms with E-state index in [-0.39, 0.29) is 11.4 Å². The van der Waals surface area contributed by atoms with E-state index in [2.05, 4.69) is 25.3 Å². The summed E-state index contributed by atoms with van der Waals surface area (Å²) in [5, 5.41) is 6.16. The van der Waals surface area contributed by atoms with Crippen molar-refractivity contribution in [3.8, 4) is 0 Å². The van der Waals surface area contributed by atoms with Crippen LogP contribution in [0.15, 0.2) is 35.2 Å². The number of rotatable bonds is 8. The van der Waals surface area contributed by atoms with Gasteiger partial charge in [-0.1, -0.05) is 17.7 Å². The summed E-state index contributed by atoms with van der Waals surface area (Å²) < 4.78 is 26.9. The van der Waals surface area contributed by atoms with Gasteiger partial charge in [0, 0.05) is 31.4 Å². The van der Waals surface area contributed by atoms with E-state index < -0.39 is 10.0 Å². The first-order valence-corrected chi connectivity index (χ1v) is 9.29. The highest BCUT2D eigenvalue weighted by molar-refractivity contribution is 7.89. The first kappa shape index (κ1) is 18.2. The van der Waals surface area contributed by atoms with Crippen LogP contribution in [0, 0.1) is 13.8 Å². The lowest BCUT2D eigenvalue weighted by Crippen LogP contribution is -2.29. The van der Waals surface area contributed by atoms with Gasteiger partial charge >= 0.3 is 0 Å². The minimum atomic E-state index is -3.49. The quantitative estimate of drug-likeness (QED) is 0.630. The van der Waals surface area contributed by atoms with Gasteiger partial charge in [-0.25, -0.2) is 18.1 Å². The highest BCUT2D eigenvalue weighted by Crippen LogP contribution is 2.10. The molecule has 0 aliphatic carbocycles. The highest BCUT2D eigenvalue weighted by Gasteiger charge is 2.12. The number of nitrogens with one attached hydrogen (secondary N) is 3. The number of hydrogen-bond donors (Lipinski definition) is 3. The second-order valence-corrected chi connectivity index (χ2v) is 7.15. The Kier molecular flexibility index (Phi) is 6.10. The monoisotopic (exact) mass is 349 g/mol. The van der Waals surface area contributed by atoms with E-state index in [0.717, 1.165) is 17.8 Å². The molecular formula is C16H23N5O2S. The van der Waals surface area contributed by atoms with Crippen molar-refractivity contribution in [1.82, 2.24) is 14.7 Å². The maximum atomic E-state index is 12.2. The smallest absolute Gasteiger partial charge is 0.240 e. The fourth-order valence-electron chi connectivity index (χ4n) is 2.07. The van der Waals surface area contributed by atoms with Crippen molar-refractivity contribution < 1.29 is 8.42 Å². The first-order valence-electron chi connectivity index (χ1n) is 7.80. The highest BCUT2D eigenvalue weighted by atomic mass is 32.2. The van der Waals surface area contributed by atoms with Crippen molar-refractivity contribution in [1.29, 1.82) is 0 Å². The van der Waals surface area contributed by atoms with Crippen LogP contribution in [0.4, 0.5) is 11.8 Å². The first-order chi connectivity index (χ1) is 11.4. The number of aryl methyl sites for hydroxylation is 2. The van der Waals surface area contributed by atoms with Crippen LogP contribution in [0.25, 0.3) is 0 Å². The summed E-state index contributed by atoms with van der Waals surface area (Å²) in [5.41, 5.74) is 1.86. The maximum absolute atomic E-state index is 12.2. The summed E-state index contributed by atoms with van der Waals surface area (Å²) in [6, 6.07) is 8.57. The fourth-order valence-corrected chi connectivity index (χ4v) is 3.10. The molecule has 7 nitrogen and oxygen atoms in total. The molecule has 2 rings (SSSR count). The molecule has 0 atom stereocenters. The van der Waals surface area contributed by atoms with Gasteiger partial charge in [-0.2, -0.15) is 4.98 Å². The van der Waals surface area contributed by atoms with Gasteiger partial charge in [-0.15, -0.1) is 0 Å². The molecule has 0 saturated heterocycles. The van der Waals surface area contributed by atoms with Gasteiger partial charge in [0.1, 0.15) is 5.82 Å². The lowest BCUT2D eigenvalue weighted by molar-refractivity contribution is 0.583. The average Bonchev–Trinajstić information content (AvgIpc) is 2.52. The van der Waals surface area contributed by atoms with Gasteiger partial charge in [0.25, 0.3) is 0 Å². The topological polar surface area (TPSA) is 96.0 Å². The van der Waals surface area contributed by atoms with Crippen LogP contribution >= 0.6 is 0 Å². The number of aromatic nitrogens is 2. The minimum absolute atomic E-state index is 0.260. The summed E-state index contributed by atoms with van der Waals surface area (Å²) in [6.07, 6.45) is 0. The summed E-state index contributed by atoms with van der Waals surface area (Å²) in [6.45, 7) is 7.19. The van der Waals surface area contributed by atoms with Crippen molar-refractivity contribution >= 4 is 21.8 Å². The Hall–Kier alpha value is -2.19. The number of sulfonamides is 1. The largest absolute Gasteiger partial charge is 0.369 e. The van der Waals surface area contributed by atoms with Crippen molar-refractivity contribution in [2.45, 2.75) is 25.7 Å². The van der Waals surface area contributed by atoms with E-state index in [0.29, 0.717) is 18.3 Å². The third kappa shape index (κ3) is 5.17. The molecule has 0 unspecified atom stereocenters. The van der Waals surface area contributed by atoms with Crippen LogP contribution in [0.2, 0.25) is 0 Å². The van der Waals surface area contributed by atoms with Crippen LogP contribution < -0.4 is 15.4 Å². The van der Waals surface area contributed by atoms with Crippen LogP contribution in [0.3, 0.4) is 0 Å². The van der Waals surface area contributed by atoms with Gasteiger partial charge in [0.15, 0.2) is 0 Å². The molecule has 0 radical (unpaired) electrons. The fraction of sp³-hybridized carbons (Fsp3) is 0.375. The standard InChI is InChI=1S/C16H23N5O2S/c1-4-17-16-20-13(3)11-15(21-16)18-9-10-19-24(22,23)14-7-5-12(2)6-8-14/h5-8,11,19H,4,9-10H2,1-3H3,(H2,17,18,20,21). The molecular weight excluding hydrogens is 326 g/mol. The third-order valence-electron chi connectivity index (χ3n) is 3.24. The van der Waals surface area contributed by atoms with Crippen molar-refractivity contribution in [3.05, 3.63) is 41.6 Å². The van der Waals surface area contributed by atoms with Gasteiger partial charge in [-0.05, 0) is 32.9 Å². The Morgan fingerprint density at radius 2 is 1.71 bits per heavy atom. The second-order valence-electron chi connectivity index (χ2n) is 5.39. The summed E-state index contributed by atoms with van der Waals surface area (Å²) in [7, 11) is -3.49. The van der Waals surface area contributed by atoms with Crippen LogP contribution in [0.1, 0.15) is 18.2 Å². The zero-order chi connectivity index (χ0) is 17.6. The van der Waals surface area contributed by atoms with E-state index in [4.69, 9.17) is 0 Å². The summed E-state index contributed by atoms with van der Waals surface area (Å²) in [5.74, 6) is 1.22. The average molecular weight is 349 g/mol. The van der Waals surface area contributed by atoms with Gasteiger partial charge in [0.2, 0.25) is 16.0 Å². The molecule has 0 fully saturated rings. The number of anilines is 2. The van der Waals surface area contributed by atoms with E-state index in [1.54, 1.807) is 24.3 Å². The zero-order valence-electron chi connectivity index (χ0n) is 14.1. The molecule has 1 heterocycles. The molecule has 130 valence electrons. The maximum Gasteiger partial charge on any atom is 0.240 e. The zero-order valence-corrected chi connectivity index (χ0v) is 14.9. The molecule has 0 aliphatic heterocycles. The summed E-state index contributed by atoms with van der Waals surface area (Å²) in [4.78, 5) is 8.84. The van der Waals surface area contributed by atoms with Crippen LogP contribution in [-0.4, -0.2) is 38.0 Å². The minimum Gasteiger partial charge on any atom is -0.369 e. The summed E-state index contributed by atoms with van der Waals surface area (Å²) >= 11 is 0. The van der Waals surface area contributed by atoms with E-state index >= 15 is 0 Å². The van der Waals surface area contributed by atoms with E-state index in [9.17, 15) is 8.42 Å². The molecule has 0 amide bonds. The molecule has 8 heteroatoms. The van der Waals surface area contributed by atoms with Gasteiger partial charge < -0.3 is 10.6 Å². The molecule has 1 aromatic heterocycles. The Morgan fingerprint density at radius 1 is 1.00 bits per heavy atom. The molecule has 0 saturated carbocycles. The van der Waals surface area contributed by atoms with Gasteiger partial charge in [0.05, 0.1) is 4.90 Å². The molecule has 1 aromatic carbocycles. The van der Waals surface area contributed by atoms with Crippen molar-refractivity contribution in [2.75, 3.05) is 30.3 Å². The molecule has 0 bridgehead atoms. The van der Waals surface area contributed by atoms with Crippen molar-refractivity contribution in [3.63, 3.8) is 0 Å². The Bertz CT molecular complexity index is 776. The lowest BCUT2D eigenvalue weighted by atomic mass is 10.2. The molecule has 3 N–H and O–H groups in total. The molecule has 24 heavy (non-hydrogen) atoms. The molecule has 0 spiro atoms. The number of nitrogens with zero attached hydrogens (tertiary/aromatic N) is 2. The molecule has 0 aliphatic rings. The van der Waals surface area contributed by atoms with Crippen LogP contribution in [0.5, 0.6) is 0 Å². The van der Waals surface area contributed by atoms with Crippen LogP contribution in [-0.2, 0) is 10.0 Å². The SMILES string of the molecule is CCNc1nc(C)cc(NCCNS(=O)(=O)c2ccc(C)cc2)n1. The Balaban J connectivity index is 1.89. The Morgan fingerprint density at radius 3 is 2.38 bits per heavy atom. The predicted molar refractivity (Wildman–Crippen MR) is 95.8 cm³/mol. The lowest BCUT2D eigenvalue weighted by Gasteiger charge is -2.10.